The molecule has 2 aromatic rings. The van der Waals surface area contributed by atoms with Crippen LogP contribution in [0.1, 0.15) is 29.7 Å². The van der Waals surface area contributed by atoms with E-state index in [1.165, 1.54) is 20.3 Å². The van der Waals surface area contributed by atoms with E-state index in [9.17, 15) is 0 Å². The molecular formula is C16H18IN. The molecule has 0 unspecified atom stereocenters. The van der Waals surface area contributed by atoms with Gasteiger partial charge in [0.2, 0.25) is 0 Å². The topological polar surface area (TPSA) is 12.0 Å². The Morgan fingerprint density at radius 2 is 1.83 bits per heavy atom. The fourth-order valence-electron chi connectivity index (χ4n) is 1.93. The molecule has 0 spiro atoms. The zero-order valence-corrected chi connectivity index (χ0v) is 12.9. The van der Waals surface area contributed by atoms with Crippen LogP contribution in [0.25, 0.3) is 0 Å². The van der Waals surface area contributed by atoms with E-state index in [1.807, 2.05) is 0 Å². The molecule has 2 aromatic carbocycles. The highest BCUT2D eigenvalue weighted by atomic mass is 127. The monoisotopic (exact) mass is 351 g/mol. The van der Waals surface area contributed by atoms with Crippen molar-refractivity contribution >= 4 is 22.6 Å². The standard InChI is InChI=1S/C16H18IN/c1-12-4-3-5-15(10-12)13(2)18-11-14-6-8-16(17)9-7-14/h3-10,13,18H,11H2,1-2H3/t13-/m1/s1. The number of benzene rings is 2. The Morgan fingerprint density at radius 3 is 2.50 bits per heavy atom. The number of aryl methyl sites for hydroxylation is 1. The minimum Gasteiger partial charge on any atom is -0.306 e. The second-order valence-electron chi connectivity index (χ2n) is 4.64. The SMILES string of the molecule is Cc1cccc([C@@H](C)NCc2ccc(I)cc2)c1. The highest BCUT2D eigenvalue weighted by Crippen LogP contribution is 2.15. The van der Waals surface area contributed by atoms with Gasteiger partial charge in [0.25, 0.3) is 0 Å². The largest absolute Gasteiger partial charge is 0.306 e. The van der Waals surface area contributed by atoms with Crippen LogP contribution in [-0.2, 0) is 6.54 Å². The molecule has 1 N–H and O–H groups in total. The van der Waals surface area contributed by atoms with Crippen molar-refractivity contribution in [2.45, 2.75) is 26.4 Å². The highest BCUT2D eigenvalue weighted by Gasteiger charge is 2.04. The molecule has 0 amide bonds. The fourth-order valence-corrected chi connectivity index (χ4v) is 2.29. The lowest BCUT2D eigenvalue weighted by molar-refractivity contribution is 0.574. The summed E-state index contributed by atoms with van der Waals surface area (Å²) in [5.74, 6) is 0. The van der Waals surface area contributed by atoms with Crippen LogP contribution in [0.2, 0.25) is 0 Å². The first-order valence-corrected chi connectivity index (χ1v) is 7.27. The molecule has 0 heterocycles. The van der Waals surface area contributed by atoms with Gasteiger partial charge in [0.05, 0.1) is 0 Å². The molecule has 0 saturated heterocycles. The number of hydrogen-bond acceptors (Lipinski definition) is 1. The Balaban J connectivity index is 1.96. The predicted molar refractivity (Wildman–Crippen MR) is 85.6 cm³/mol. The number of rotatable bonds is 4. The molecular weight excluding hydrogens is 333 g/mol. The Kier molecular flexibility index (Phi) is 4.78. The van der Waals surface area contributed by atoms with E-state index in [4.69, 9.17) is 0 Å². The lowest BCUT2D eigenvalue weighted by atomic mass is 10.1. The summed E-state index contributed by atoms with van der Waals surface area (Å²) in [7, 11) is 0. The Labute approximate surface area is 123 Å². The van der Waals surface area contributed by atoms with Gasteiger partial charge in [0.15, 0.2) is 0 Å². The van der Waals surface area contributed by atoms with Gasteiger partial charge < -0.3 is 5.32 Å². The lowest BCUT2D eigenvalue weighted by Crippen LogP contribution is -2.18. The van der Waals surface area contributed by atoms with Crippen molar-refractivity contribution < 1.29 is 0 Å². The predicted octanol–water partition coefficient (Wildman–Crippen LogP) is 4.45. The van der Waals surface area contributed by atoms with E-state index in [1.54, 1.807) is 0 Å². The average Bonchev–Trinajstić information content (AvgIpc) is 2.38. The van der Waals surface area contributed by atoms with Crippen LogP contribution in [0.15, 0.2) is 48.5 Å². The maximum atomic E-state index is 3.56. The van der Waals surface area contributed by atoms with Gasteiger partial charge in [0.1, 0.15) is 0 Å². The average molecular weight is 351 g/mol. The van der Waals surface area contributed by atoms with Crippen molar-refractivity contribution in [3.8, 4) is 0 Å². The van der Waals surface area contributed by atoms with Gasteiger partial charge in [-0.1, -0.05) is 42.0 Å². The Hall–Kier alpha value is -0.870. The summed E-state index contributed by atoms with van der Waals surface area (Å²) in [6.07, 6.45) is 0. The van der Waals surface area contributed by atoms with E-state index in [0.29, 0.717) is 6.04 Å². The van der Waals surface area contributed by atoms with Gasteiger partial charge in [0, 0.05) is 16.2 Å². The van der Waals surface area contributed by atoms with Gasteiger partial charge in [-0.05, 0) is 59.7 Å². The summed E-state index contributed by atoms with van der Waals surface area (Å²) in [5.41, 5.74) is 3.99. The number of halogens is 1. The highest BCUT2D eigenvalue weighted by molar-refractivity contribution is 14.1. The molecule has 0 aliphatic heterocycles. The quantitative estimate of drug-likeness (QED) is 0.803. The molecule has 18 heavy (non-hydrogen) atoms. The summed E-state index contributed by atoms with van der Waals surface area (Å²) in [6, 6.07) is 17.7. The third-order valence-electron chi connectivity index (χ3n) is 3.07. The van der Waals surface area contributed by atoms with Gasteiger partial charge >= 0.3 is 0 Å². The van der Waals surface area contributed by atoms with Gasteiger partial charge in [-0.25, -0.2) is 0 Å². The minimum absolute atomic E-state index is 0.379. The van der Waals surface area contributed by atoms with Crippen LogP contribution in [0.4, 0.5) is 0 Å². The molecule has 94 valence electrons. The maximum absolute atomic E-state index is 3.56. The van der Waals surface area contributed by atoms with Crippen LogP contribution < -0.4 is 5.32 Å². The van der Waals surface area contributed by atoms with Gasteiger partial charge in [-0.15, -0.1) is 0 Å². The molecule has 0 saturated carbocycles. The number of hydrogen-bond donors (Lipinski definition) is 1. The van der Waals surface area contributed by atoms with E-state index in [-0.39, 0.29) is 0 Å². The van der Waals surface area contributed by atoms with Crippen molar-refractivity contribution in [1.29, 1.82) is 0 Å². The molecule has 2 rings (SSSR count). The van der Waals surface area contributed by atoms with Crippen LogP contribution in [0, 0.1) is 10.5 Å². The normalized spacial score (nSPS) is 12.4. The first kappa shape index (κ1) is 13.6. The second-order valence-corrected chi connectivity index (χ2v) is 5.89. The molecule has 0 aliphatic carbocycles. The van der Waals surface area contributed by atoms with E-state index >= 15 is 0 Å². The van der Waals surface area contributed by atoms with Crippen molar-refractivity contribution in [3.05, 3.63) is 68.8 Å². The zero-order valence-electron chi connectivity index (χ0n) is 10.8. The second kappa shape index (κ2) is 6.34. The minimum atomic E-state index is 0.379. The van der Waals surface area contributed by atoms with Crippen LogP contribution in [-0.4, -0.2) is 0 Å². The zero-order chi connectivity index (χ0) is 13.0. The summed E-state index contributed by atoms with van der Waals surface area (Å²) >= 11 is 2.33. The third-order valence-corrected chi connectivity index (χ3v) is 3.79. The van der Waals surface area contributed by atoms with Crippen molar-refractivity contribution in [3.63, 3.8) is 0 Å². The third kappa shape index (κ3) is 3.82. The summed E-state index contributed by atoms with van der Waals surface area (Å²) in [6.45, 7) is 5.25. The first-order valence-electron chi connectivity index (χ1n) is 6.19. The molecule has 0 bridgehead atoms. The van der Waals surface area contributed by atoms with Crippen molar-refractivity contribution in [1.82, 2.24) is 5.32 Å². The van der Waals surface area contributed by atoms with E-state index in [2.05, 4.69) is 90.3 Å². The van der Waals surface area contributed by atoms with Crippen LogP contribution >= 0.6 is 22.6 Å². The molecule has 0 aromatic heterocycles. The van der Waals surface area contributed by atoms with Gasteiger partial charge in [-0.3, -0.25) is 0 Å². The Bertz CT molecular complexity index is 505. The van der Waals surface area contributed by atoms with Crippen LogP contribution in [0.3, 0.4) is 0 Å². The van der Waals surface area contributed by atoms with Crippen molar-refractivity contribution in [2.24, 2.45) is 0 Å². The molecule has 2 heteroatoms. The summed E-state index contributed by atoms with van der Waals surface area (Å²) in [5, 5.41) is 3.56. The van der Waals surface area contributed by atoms with E-state index in [0.717, 1.165) is 6.54 Å². The lowest BCUT2D eigenvalue weighted by Gasteiger charge is -2.15. The fraction of sp³-hybridized carbons (Fsp3) is 0.250. The van der Waals surface area contributed by atoms with Gasteiger partial charge in [-0.2, -0.15) is 0 Å². The summed E-state index contributed by atoms with van der Waals surface area (Å²) < 4.78 is 1.28. The first-order chi connectivity index (χ1) is 8.65. The summed E-state index contributed by atoms with van der Waals surface area (Å²) in [4.78, 5) is 0. The van der Waals surface area contributed by atoms with Crippen molar-refractivity contribution in [2.75, 3.05) is 0 Å². The molecule has 0 fully saturated rings. The Morgan fingerprint density at radius 1 is 1.11 bits per heavy atom. The maximum Gasteiger partial charge on any atom is 0.0295 e. The molecule has 1 atom stereocenters. The van der Waals surface area contributed by atoms with E-state index < -0.39 is 0 Å². The molecule has 1 nitrogen and oxygen atoms in total. The molecule has 0 aliphatic rings. The number of nitrogens with one attached hydrogen (secondary N) is 1. The van der Waals surface area contributed by atoms with Crippen LogP contribution in [0.5, 0.6) is 0 Å². The molecule has 0 radical (unpaired) electrons. The smallest absolute Gasteiger partial charge is 0.0295 e.